The predicted octanol–water partition coefficient (Wildman–Crippen LogP) is 3.21. The average Bonchev–Trinajstić information content (AvgIpc) is 2.41. The maximum atomic E-state index is 11.3. The summed E-state index contributed by atoms with van der Waals surface area (Å²) < 4.78 is 11.5. The molecule has 0 unspecified atom stereocenters. The molecule has 0 aromatic heterocycles. The first-order chi connectivity index (χ1) is 9.79. The van der Waals surface area contributed by atoms with Crippen LogP contribution in [0, 0.1) is 20.8 Å². The number of fused-ring (bicyclic) bond motifs is 1. The van der Waals surface area contributed by atoms with Gasteiger partial charge in [0.15, 0.2) is 0 Å². The lowest BCUT2D eigenvalue weighted by Gasteiger charge is -2.37. The van der Waals surface area contributed by atoms with Crippen molar-refractivity contribution in [1.82, 2.24) is 0 Å². The minimum absolute atomic E-state index is 0.317. The van der Waals surface area contributed by atoms with Crippen LogP contribution in [-0.4, -0.2) is 17.9 Å². The Bertz CT molecular complexity index is 604. The molecule has 114 valence electrons. The standard InChI is InChI=1S/C17H22O4/c1-10-11(2)16-14(12(3)15(10)20-13(4)19)6-7-17(5,21-16)8-9-18/h9H,6-8H2,1-5H3/t17-/m1/s1. The van der Waals surface area contributed by atoms with Gasteiger partial charge in [-0.05, 0) is 57.2 Å². The molecule has 0 saturated carbocycles. The van der Waals surface area contributed by atoms with Crippen molar-refractivity contribution >= 4 is 12.3 Å². The van der Waals surface area contributed by atoms with Gasteiger partial charge in [-0.2, -0.15) is 0 Å². The third-order valence-electron chi connectivity index (χ3n) is 4.32. The summed E-state index contributed by atoms with van der Waals surface area (Å²) in [7, 11) is 0. The van der Waals surface area contributed by atoms with Crippen LogP contribution in [0.5, 0.6) is 11.5 Å². The number of benzene rings is 1. The van der Waals surface area contributed by atoms with Crippen molar-refractivity contribution in [3.05, 3.63) is 22.3 Å². The molecule has 1 aliphatic rings. The maximum Gasteiger partial charge on any atom is 0.308 e. The second kappa shape index (κ2) is 5.51. The fourth-order valence-corrected chi connectivity index (χ4v) is 2.90. The Balaban J connectivity index is 2.53. The molecule has 1 atom stereocenters. The normalized spacial score (nSPS) is 20.4. The molecule has 0 amide bonds. The van der Waals surface area contributed by atoms with Gasteiger partial charge in [0, 0.05) is 18.9 Å². The van der Waals surface area contributed by atoms with Crippen molar-refractivity contribution < 1.29 is 19.1 Å². The summed E-state index contributed by atoms with van der Waals surface area (Å²) in [5.74, 6) is 1.17. The zero-order chi connectivity index (χ0) is 15.8. The summed E-state index contributed by atoms with van der Waals surface area (Å²) in [6, 6.07) is 0. The fraction of sp³-hybridized carbons (Fsp3) is 0.529. The SMILES string of the molecule is CC(=O)Oc1c(C)c(C)c2c(c1C)CC[C@](C)(CC=O)O2. The Hall–Kier alpha value is -1.84. The van der Waals surface area contributed by atoms with Crippen molar-refractivity contribution in [3.63, 3.8) is 0 Å². The van der Waals surface area contributed by atoms with E-state index < -0.39 is 5.60 Å². The van der Waals surface area contributed by atoms with Gasteiger partial charge < -0.3 is 14.3 Å². The first-order valence-electron chi connectivity index (χ1n) is 7.23. The van der Waals surface area contributed by atoms with Gasteiger partial charge in [0.1, 0.15) is 23.4 Å². The van der Waals surface area contributed by atoms with Crippen LogP contribution in [0.25, 0.3) is 0 Å². The molecule has 0 aliphatic carbocycles. The van der Waals surface area contributed by atoms with Crippen LogP contribution in [0.3, 0.4) is 0 Å². The molecule has 4 nitrogen and oxygen atoms in total. The molecule has 0 bridgehead atoms. The van der Waals surface area contributed by atoms with Crippen molar-refractivity contribution in [2.75, 3.05) is 0 Å². The number of ether oxygens (including phenoxy) is 2. The van der Waals surface area contributed by atoms with E-state index in [4.69, 9.17) is 9.47 Å². The van der Waals surface area contributed by atoms with Crippen LogP contribution >= 0.6 is 0 Å². The molecule has 21 heavy (non-hydrogen) atoms. The molecule has 1 heterocycles. The zero-order valence-electron chi connectivity index (χ0n) is 13.3. The third-order valence-corrected chi connectivity index (χ3v) is 4.32. The number of hydrogen-bond donors (Lipinski definition) is 0. The Morgan fingerprint density at radius 3 is 2.52 bits per heavy atom. The van der Waals surface area contributed by atoms with Crippen LogP contribution in [0.4, 0.5) is 0 Å². The van der Waals surface area contributed by atoms with E-state index in [0.29, 0.717) is 12.2 Å². The number of esters is 1. The minimum atomic E-state index is -0.443. The van der Waals surface area contributed by atoms with Crippen LogP contribution in [0.2, 0.25) is 0 Å². The van der Waals surface area contributed by atoms with E-state index in [1.54, 1.807) is 0 Å². The van der Waals surface area contributed by atoms with Gasteiger partial charge >= 0.3 is 5.97 Å². The largest absolute Gasteiger partial charge is 0.487 e. The lowest BCUT2D eigenvalue weighted by molar-refractivity contribution is -0.132. The highest BCUT2D eigenvalue weighted by atomic mass is 16.5. The summed E-state index contributed by atoms with van der Waals surface area (Å²) in [4.78, 5) is 22.1. The molecule has 1 aromatic rings. The van der Waals surface area contributed by atoms with Crippen molar-refractivity contribution in [3.8, 4) is 11.5 Å². The first-order valence-corrected chi connectivity index (χ1v) is 7.23. The van der Waals surface area contributed by atoms with Gasteiger partial charge in [-0.3, -0.25) is 4.79 Å². The smallest absolute Gasteiger partial charge is 0.308 e. The number of hydrogen-bond acceptors (Lipinski definition) is 4. The van der Waals surface area contributed by atoms with Gasteiger partial charge in [0.25, 0.3) is 0 Å². The molecule has 0 radical (unpaired) electrons. The molecule has 0 N–H and O–H groups in total. The molecule has 0 saturated heterocycles. The van der Waals surface area contributed by atoms with E-state index in [1.807, 2.05) is 27.7 Å². The minimum Gasteiger partial charge on any atom is -0.487 e. The lowest BCUT2D eigenvalue weighted by Crippen LogP contribution is -2.37. The number of carbonyl (C=O) groups is 2. The van der Waals surface area contributed by atoms with Crippen LogP contribution < -0.4 is 9.47 Å². The quantitative estimate of drug-likeness (QED) is 0.487. The molecule has 1 aliphatic heterocycles. The number of aldehydes is 1. The van der Waals surface area contributed by atoms with E-state index in [0.717, 1.165) is 47.1 Å². The monoisotopic (exact) mass is 290 g/mol. The summed E-state index contributed by atoms with van der Waals surface area (Å²) in [6.45, 7) is 9.22. The summed E-state index contributed by atoms with van der Waals surface area (Å²) in [6.07, 6.45) is 2.89. The van der Waals surface area contributed by atoms with E-state index in [1.165, 1.54) is 6.92 Å². The molecule has 4 heteroatoms. The molecule has 2 rings (SSSR count). The van der Waals surface area contributed by atoms with Gasteiger partial charge in [-0.25, -0.2) is 0 Å². The van der Waals surface area contributed by atoms with Gasteiger partial charge in [-0.1, -0.05) is 0 Å². The summed E-state index contributed by atoms with van der Waals surface area (Å²) in [5, 5.41) is 0. The van der Waals surface area contributed by atoms with E-state index >= 15 is 0 Å². The fourth-order valence-electron chi connectivity index (χ4n) is 2.90. The average molecular weight is 290 g/mol. The Morgan fingerprint density at radius 1 is 1.29 bits per heavy atom. The highest BCUT2D eigenvalue weighted by Gasteiger charge is 2.34. The van der Waals surface area contributed by atoms with Crippen LogP contribution in [0.1, 0.15) is 48.9 Å². The van der Waals surface area contributed by atoms with Crippen LogP contribution in [0.15, 0.2) is 0 Å². The van der Waals surface area contributed by atoms with Crippen molar-refractivity contribution in [2.45, 2.75) is 59.5 Å². The number of carbonyl (C=O) groups excluding carboxylic acids is 2. The second-order valence-electron chi connectivity index (χ2n) is 6.03. The molecular weight excluding hydrogens is 268 g/mol. The maximum absolute atomic E-state index is 11.3. The summed E-state index contributed by atoms with van der Waals surface area (Å²) in [5.41, 5.74) is 3.48. The second-order valence-corrected chi connectivity index (χ2v) is 6.03. The predicted molar refractivity (Wildman–Crippen MR) is 80.0 cm³/mol. The Kier molecular flexibility index (Phi) is 4.08. The highest BCUT2D eigenvalue weighted by Crippen LogP contribution is 2.44. The first kappa shape index (κ1) is 15.5. The van der Waals surface area contributed by atoms with Gasteiger partial charge in [0.2, 0.25) is 0 Å². The zero-order valence-corrected chi connectivity index (χ0v) is 13.3. The third kappa shape index (κ3) is 2.80. The van der Waals surface area contributed by atoms with Crippen molar-refractivity contribution in [1.29, 1.82) is 0 Å². The summed E-state index contributed by atoms with van der Waals surface area (Å²) >= 11 is 0. The number of rotatable bonds is 3. The van der Waals surface area contributed by atoms with E-state index in [-0.39, 0.29) is 5.97 Å². The lowest BCUT2D eigenvalue weighted by atomic mass is 9.86. The topological polar surface area (TPSA) is 52.6 Å². The Labute approximate surface area is 125 Å². The van der Waals surface area contributed by atoms with E-state index in [2.05, 4.69) is 0 Å². The molecule has 0 spiro atoms. The van der Waals surface area contributed by atoms with Crippen LogP contribution in [-0.2, 0) is 16.0 Å². The Morgan fingerprint density at radius 2 is 1.95 bits per heavy atom. The van der Waals surface area contributed by atoms with Gasteiger partial charge in [-0.15, -0.1) is 0 Å². The molecular formula is C17H22O4. The van der Waals surface area contributed by atoms with E-state index in [9.17, 15) is 9.59 Å². The highest BCUT2D eigenvalue weighted by molar-refractivity contribution is 5.72. The van der Waals surface area contributed by atoms with Gasteiger partial charge in [0.05, 0.1) is 0 Å². The molecule has 1 aromatic carbocycles. The molecule has 0 fully saturated rings. The van der Waals surface area contributed by atoms with Crippen molar-refractivity contribution in [2.24, 2.45) is 0 Å².